The molecule has 1 aliphatic heterocycles. The fraction of sp³-hybridized carbons (Fsp3) is 0.600. The fourth-order valence-electron chi connectivity index (χ4n) is 1.65. The molecule has 0 aromatic carbocycles. The van der Waals surface area contributed by atoms with E-state index in [1.165, 1.54) is 0 Å². The Morgan fingerprint density at radius 2 is 2.25 bits per heavy atom. The Morgan fingerprint density at radius 1 is 1.44 bits per heavy atom. The lowest BCUT2D eigenvalue weighted by Crippen LogP contribution is -2.40. The summed E-state index contributed by atoms with van der Waals surface area (Å²) in [6, 6.07) is 0. The van der Waals surface area contributed by atoms with Gasteiger partial charge in [0.1, 0.15) is 0 Å². The van der Waals surface area contributed by atoms with Gasteiger partial charge in [-0.05, 0) is 12.8 Å². The zero-order valence-corrected chi connectivity index (χ0v) is 9.94. The number of hydrogen-bond donors (Lipinski definition) is 2. The highest BCUT2D eigenvalue weighted by atomic mass is 15.8. The first kappa shape index (κ1) is 10.9. The van der Waals surface area contributed by atoms with Crippen molar-refractivity contribution in [2.75, 3.05) is 6.54 Å². The van der Waals surface area contributed by atoms with Gasteiger partial charge in [-0.25, -0.2) is 5.53 Å². The highest BCUT2D eigenvalue weighted by Crippen LogP contribution is 2.07. The summed E-state index contributed by atoms with van der Waals surface area (Å²) in [7, 11) is 0. The van der Waals surface area contributed by atoms with Crippen LogP contribution in [0.1, 0.15) is 26.3 Å². The third-order valence-corrected chi connectivity index (χ3v) is 2.36. The summed E-state index contributed by atoms with van der Waals surface area (Å²) >= 11 is 0. The number of amidine groups is 1. The monoisotopic (exact) mass is 222 g/mol. The molecular formula is C10H18N6. The maximum Gasteiger partial charge on any atom is 0.176 e. The van der Waals surface area contributed by atoms with E-state index in [1.807, 2.05) is 22.1 Å². The molecule has 0 fully saturated rings. The predicted octanol–water partition coefficient (Wildman–Crippen LogP) is 0.545. The quantitative estimate of drug-likeness (QED) is 0.781. The number of aromatic nitrogens is 2. The summed E-state index contributed by atoms with van der Waals surface area (Å²) in [4.78, 5) is 0. The zero-order chi connectivity index (χ0) is 11.5. The third-order valence-electron chi connectivity index (χ3n) is 2.36. The van der Waals surface area contributed by atoms with E-state index < -0.39 is 0 Å². The fourth-order valence-corrected chi connectivity index (χ4v) is 1.65. The minimum atomic E-state index is 0.594. The largest absolute Gasteiger partial charge is 0.272 e. The second kappa shape index (κ2) is 4.52. The Hall–Kier alpha value is -1.56. The molecule has 0 unspecified atom stereocenters. The molecule has 6 nitrogen and oxygen atoms in total. The summed E-state index contributed by atoms with van der Waals surface area (Å²) in [6.45, 7) is 8.20. The minimum absolute atomic E-state index is 0.594. The average Bonchev–Trinajstić information content (AvgIpc) is 2.83. The lowest BCUT2D eigenvalue weighted by Gasteiger charge is -2.14. The van der Waals surface area contributed by atoms with Crippen molar-refractivity contribution in [1.82, 2.24) is 25.9 Å². The molecule has 0 bridgehead atoms. The van der Waals surface area contributed by atoms with Crippen molar-refractivity contribution in [2.24, 2.45) is 11.0 Å². The van der Waals surface area contributed by atoms with Gasteiger partial charge < -0.3 is 0 Å². The van der Waals surface area contributed by atoms with Crippen molar-refractivity contribution in [2.45, 2.75) is 27.3 Å². The molecule has 1 aromatic heterocycles. The van der Waals surface area contributed by atoms with Crippen LogP contribution in [0.5, 0.6) is 0 Å². The Balaban J connectivity index is 2.12. The van der Waals surface area contributed by atoms with E-state index in [4.69, 9.17) is 0 Å². The van der Waals surface area contributed by atoms with Crippen molar-refractivity contribution < 1.29 is 0 Å². The van der Waals surface area contributed by atoms with Crippen LogP contribution in [-0.4, -0.2) is 27.2 Å². The van der Waals surface area contributed by atoms with E-state index in [9.17, 15) is 0 Å². The molecule has 6 heteroatoms. The molecule has 0 radical (unpaired) electrons. The van der Waals surface area contributed by atoms with E-state index in [0.29, 0.717) is 5.92 Å². The second-order valence-electron chi connectivity index (χ2n) is 4.25. The van der Waals surface area contributed by atoms with Crippen LogP contribution in [0.25, 0.3) is 0 Å². The first-order chi connectivity index (χ1) is 7.70. The van der Waals surface area contributed by atoms with E-state index in [2.05, 4.69) is 42.0 Å². The predicted molar refractivity (Wildman–Crippen MR) is 62.3 cm³/mol. The topological polar surface area (TPSA) is 57.5 Å². The molecule has 0 amide bonds. The van der Waals surface area contributed by atoms with E-state index >= 15 is 0 Å². The molecular weight excluding hydrogens is 204 g/mol. The van der Waals surface area contributed by atoms with Crippen LogP contribution in [0.3, 0.4) is 0 Å². The third kappa shape index (κ3) is 2.16. The normalized spacial score (nSPS) is 15.5. The number of hydrazine groups is 2. The van der Waals surface area contributed by atoms with E-state index in [1.54, 1.807) is 0 Å². The summed E-state index contributed by atoms with van der Waals surface area (Å²) < 4.78 is 1.95. The van der Waals surface area contributed by atoms with Gasteiger partial charge in [0.25, 0.3) is 0 Å². The number of rotatable bonds is 4. The lowest BCUT2D eigenvalue weighted by atomic mass is 10.2. The summed E-state index contributed by atoms with van der Waals surface area (Å²) in [5.41, 5.74) is 6.72. The van der Waals surface area contributed by atoms with Crippen molar-refractivity contribution in [3.63, 3.8) is 0 Å². The highest BCUT2D eigenvalue weighted by molar-refractivity contribution is 5.98. The van der Waals surface area contributed by atoms with Crippen molar-refractivity contribution in [3.05, 3.63) is 18.0 Å². The molecule has 1 aromatic rings. The molecule has 0 spiro atoms. The molecule has 2 heterocycles. The molecule has 16 heavy (non-hydrogen) atoms. The van der Waals surface area contributed by atoms with Crippen LogP contribution in [0.15, 0.2) is 17.5 Å². The SMILES string of the molecule is CCN1NNN=C1c1cnn(CC(C)C)c1. The van der Waals surface area contributed by atoms with Crippen molar-refractivity contribution in [1.29, 1.82) is 0 Å². The van der Waals surface area contributed by atoms with Crippen LogP contribution >= 0.6 is 0 Å². The maximum atomic E-state index is 4.32. The average molecular weight is 222 g/mol. The van der Waals surface area contributed by atoms with Crippen LogP contribution in [0.2, 0.25) is 0 Å². The first-order valence-corrected chi connectivity index (χ1v) is 5.59. The van der Waals surface area contributed by atoms with Crippen molar-refractivity contribution >= 4 is 5.84 Å². The Bertz CT molecular complexity index is 380. The number of hydrazone groups is 1. The maximum absolute atomic E-state index is 4.32. The van der Waals surface area contributed by atoms with Gasteiger partial charge in [-0.3, -0.25) is 9.69 Å². The van der Waals surface area contributed by atoms with Crippen LogP contribution < -0.4 is 11.1 Å². The highest BCUT2D eigenvalue weighted by Gasteiger charge is 2.18. The Morgan fingerprint density at radius 3 is 2.94 bits per heavy atom. The minimum Gasteiger partial charge on any atom is -0.272 e. The number of hydrogen-bond acceptors (Lipinski definition) is 5. The van der Waals surface area contributed by atoms with Crippen LogP contribution in [0.4, 0.5) is 0 Å². The summed E-state index contributed by atoms with van der Waals surface area (Å²) in [5.74, 6) is 1.48. The van der Waals surface area contributed by atoms with Gasteiger partial charge in [0.2, 0.25) is 0 Å². The van der Waals surface area contributed by atoms with Crippen LogP contribution in [-0.2, 0) is 6.54 Å². The molecule has 2 N–H and O–H groups in total. The van der Waals surface area contributed by atoms with Gasteiger partial charge in [-0.1, -0.05) is 13.8 Å². The van der Waals surface area contributed by atoms with Gasteiger partial charge in [0, 0.05) is 19.3 Å². The number of nitrogens with one attached hydrogen (secondary N) is 2. The summed E-state index contributed by atoms with van der Waals surface area (Å²) in [6.07, 6.45) is 3.87. The van der Waals surface area contributed by atoms with Crippen molar-refractivity contribution in [3.8, 4) is 0 Å². The second-order valence-corrected chi connectivity index (χ2v) is 4.25. The zero-order valence-electron chi connectivity index (χ0n) is 9.94. The molecule has 0 saturated carbocycles. The molecule has 2 rings (SSSR count). The molecule has 0 atom stereocenters. The van der Waals surface area contributed by atoms with Crippen LogP contribution in [0, 0.1) is 5.92 Å². The van der Waals surface area contributed by atoms with Gasteiger partial charge in [-0.15, -0.1) is 10.6 Å². The molecule has 0 saturated heterocycles. The lowest BCUT2D eigenvalue weighted by molar-refractivity contribution is 0.308. The van der Waals surface area contributed by atoms with Gasteiger partial charge in [-0.2, -0.15) is 5.10 Å². The van der Waals surface area contributed by atoms with Gasteiger partial charge >= 0.3 is 0 Å². The number of nitrogens with zero attached hydrogens (tertiary/aromatic N) is 4. The first-order valence-electron chi connectivity index (χ1n) is 5.59. The molecule has 88 valence electrons. The smallest absolute Gasteiger partial charge is 0.176 e. The standard InChI is InChI=1S/C10H18N6/c1-4-16-10(12-13-14-16)9-5-11-15(7-9)6-8(2)3/h5,7-8,13-14H,4,6H2,1-3H3. The molecule has 0 aliphatic carbocycles. The Labute approximate surface area is 95.3 Å². The van der Waals surface area contributed by atoms with Gasteiger partial charge in [0.05, 0.1) is 11.8 Å². The Kier molecular flexibility index (Phi) is 3.09. The van der Waals surface area contributed by atoms with E-state index in [-0.39, 0.29) is 0 Å². The van der Waals surface area contributed by atoms with Gasteiger partial charge in [0.15, 0.2) is 5.84 Å². The summed E-state index contributed by atoms with van der Waals surface area (Å²) in [5, 5.41) is 10.4. The molecule has 1 aliphatic rings. The van der Waals surface area contributed by atoms with E-state index in [0.717, 1.165) is 24.5 Å².